The number of methoxy groups -OCH3 is 1. The smallest absolute Gasteiger partial charge is 0.266 e. The van der Waals surface area contributed by atoms with Gasteiger partial charge in [0, 0.05) is 14.2 Å². The molecule has 0 atom stereocenters. The van der Waals surface area contributed by atoms with E-state index >= 15 is 0 Å². The van der Waals surface area contributed by atoms with E-state index in [2.05, 4.69) is 48.6 Å². The van der Waals surface area contributed by atoms with E-state index in [1.54, 1.807) is 7.11 Å². The molecular weight excluding hydrogens is 400 g/mol. The van der Waals surface area contributed by atoms with E-state index in [0.717, 1.165) is 55.3 Å². The van der Waals surface area contributed by atoms with Gasteiger partial charge in [-0.15, -0.1) is 0 Å². The molecule has 0 radical (unpaired) electrons. The van der Waals surface area contributed by atoms with Crippen LogP contribution in [0.2, 0.25) is 0 Å². The van der Waals surface area contributed by atoms with Crippen molar-refractivity contribution in [2.45, 2.75) is 58.5 Å². The molecule has 1 fully saturated rings. The van der Waals surface area contributed by atoms with Gasteiger partial charge >= 0.3 is 0 Å². The van der Waals surface area contributed by atoms with E-state index in [0.29, 0.717) is 12.2 Å². The highest BCUT2D eigenvalue weighted by atomic mass is 16.5. The van der Waals surface area contributed by atoms with Crippen molar-refractivity contribution in [3.05, 3.63) is 75.9 Å². The van der Waals surface area contributed by atoms with Crippen molar-refractivity contribution < 1.29 is 15.8 Å². The summed E-state index contributed by atoms with van der Waals surface area (Å²) in [4.78, 5) is 20.6. The van der Waals surface area contributed by atoms with Crippen molar-refractivity contribution in [3.8, 4) is 6.07 Å². The van der Waals surface area contributed by atoms with Crippen molar-refractivity contribution in [2.24, 2.45) is 0 Å². The van der Waals surface area contributed by atoms with Crippen LogP contribution in [0.15, 0.2) is 53.6 Å². The van der Waals surface area contributed by atoms with Crippen LogP contribution in [0.4, 0.5) is 5.69 Å². The summed E-state index contributed by atoms with van der Waals surface area (Å²) in [6, 6.07) is 16.7. The maximum atomic E-state index is 12.6. The minimum absolute atomic E-state index is 0. The number of carbonyl (C=O) groups is 2. The highest BCUT2D eigenvalue weighted by Gasteiger charge is 2.17. The predicted molar refractivity (Wildman–Crippen MR) is 129 cm³/mol. The monoisotopic (exact) mass is 434 g/mol. The summed E-state index contributed by atoms with van der Waals surface area (Å²) in [5.74, 6) is -0.280. The number of nitrogens with one attached hydrogen (secondary N) is 1. The standard InChI is InChI=1S/C26H30N2O2.CH2O.H2/c1-19-16-24(28-26(29)25(17-27)23-6-4-3-5-7-23)15-14-22(19)13-12-20-8-10-21(11-9-20)18-30-2;1-2;/h8-11,14-16H,3-7,12-13,18H2,1-2H3,(H,28,29);1H2;1H. The minimum atomic E-state index is -0.280. The number of hydrogen-bond acceptors (Lipinski definition) is 4. The summed E-state index contributed by atoms with van der Waals surface area (Å²) in [5, 5.41) is 12.4. The van der Waals surface area contributed by atoms with Crippen molar-refractivity contribution in [1.29, 1.82) is 5.26 Å². The van der Waals surface area contributed by atoms with Crippen molar-refractivity contribution in [1.82, 2.24) is 0 Å². The summed E-state index contributed by atoms with van der Waals surface area (Å²) >= 11 is 0. The third-order valence-corrected chi connectivity index (χ3v) is 5.77. The lowest BCUT2D eigenvalue weighted by atomic mass is 9.91. The first kappa shape index (κ1) is 25.0. The number of amides is 1. The minimum Gasteiger partial charge on any atom is -0.380 e. The normalized spacial score (nSPS) is 12.8. The van der Waals surface area contributed by atoms with E-state index < -0.39 is 0 Å². The average molecular weight is 435 g/mol. The maximum Gasteiger partial charge on any atom is 0.266 e. The molecule has 32 heavy (non-hydrogen) atoms. The number of benzene rings is 2. The van der Waals surface area contributed by atoms with Gasteiger partial charge in [0.05, 0.1) is 6.61 Å². The second-order valence-electron chi connectivity index (χ2n) is 8.00. The van der Waals surface area contributed by atoms with Crippen molar-refractivity contribution in [3.63, 3.8) is 0 Å². The number of nitrogens with zero attached hydrogens (tertiary/aromatic N) is 1. The number of aryl methyl sites for hydroxylation is 3. The Kier molecular flexibility index (Phi) is 10.4. The molecule has 0 aliphatic heterocycles. The molecule has 0 saturated heterocycles. The van der Waals surface area contributed by atoms with Gasteiger partial charge < -0.3 is 14.8 Å². The molecule has 1 N–H and O–H groups in total. The van der Waals surface area contributed by atoms with Crippen LogP contribution in [0.3, 0.4) is 0 Å². The average Bonchev–Trinajstić information content (AvgIpc) is 2.82. The highest BCUT2D eigenvalue weighted by Crippen LogP contribution is 2.26. The SMILES string of the molecule is C=O.COCc1ccc(CCc2ccc(NC(=O)C(C#N)=C3CCCCC3)cc2C)cc1.[HH]. The Labute approximate surface area is 192 Å². The molecule has 3 rings (SSSR count). The summed E-state index contributed by atoms with van der Waals surface area (Å²) in [5.41, 5.74) is 6.93. The number of nitriles is 1. The van der Waals surface area contributed by atoms with E-state index in [1.807, 2.05) is 18.9 Å². The Morgan fingerprint density at radius 3 is 2.31 bits per heavy atom. The maximum absolute atomic E-state index is 12.6. The number of hydrogen-bond donors (Lipinski definition) is 1. The fraction of sp³-hybridized carbons (Fsp3) is 0.370. The molecule has 170 valence electrons. The van der Waals surface area contributed by atoms with Crippen LogP contribution >= 0.6 is 0 Å². The van der Waals surface area contributed by atoms with Gasteiger partial charge in [-0.3, -0.25) is 4.79 Å². The molecule has 5 nitrogen and oxygen atoms in total. The number of allylic oxidation sites excluding steroid dienone is 1. The van der Waals surface area contributed by atoms with Crippen LogP contribution < -0.4 is 5.32 Å². The number of ether oxygens (including phenoxy) is 1. The van der Waals surface area contributed by atoms with E-state index in [4.69, 9.17) is 9.53 Å². The predicted octanol–water partition coefficient (Wildman–Crippen LogP) is 5.71. The van der Waals surface area contributed by atoms with Gasteiger partial charge in [0.15, 0.2) is 0 Å². The Morgan fingerprint density at radius 2 is 1.72 bits per heavy atom. The second kappa shape index (κ2) is 13.2. The molecule has 0 bridgehead atoms. The topological polar surface area (TPSA) is 79.2 Å². The number of anilines is 1. The molecule has 1 aliphatic carbocycles. The van der Waals surface area contributed by atoms with Crippen LogP contribution in [0.5, 0.6) is 0 Å². The largest absolute Gasteiger partial charge is 0.380 e. The first-order valence-corrected chi connectivity index (χ1v) is 11.0. The molecule has 5 heteroatoms. The summed E-state index contributed by atoms with van der Waals surface area (Å²) in [6.07, 6.45) is 6.94. The van der Waals surface area contributed by atoms with E-state index in [9.17, 15) is 10.1 Å². The van der Waals surface area contributed by atoms with Gasteiger partial charge in [0.2, 0.25) is 0 Å². The van der Waals surface area contributed by atoms with Gasteiger partial charge in [-0.05, 0) is 85.4 Å². The van der Waals surface area contributed by atoms with Gasteiger partial charge in [0.25, 0.3) is 5.91 Å². The van der Waals surface area contributed by atoms with E-state index in [-0.39, 0.29) is 7.33 Å². The molecular formula is C27H34N2O3. The number of rotatable bonds is 7. The van der Waals surface area contributed by atoms with Gasteiger partial charge in [0.1, 0.15) is 18.4 Å². The molecule has 1 amide bonds. The van der Waals surface area contributed by atoms with Gasteiger partial charge in [-0.1, -0.05) is 36.8 Å². The highest BCUT2D eigenvalue weighted by molar-refractivity contribution is 6.07. The molecule has 1 aliphatic rings. The Bertz CT molecular complexity index is 970. The Balaban J connectivity index is 0.00000177. The lowest BCUT2D eigenvalue weighted by Crippen LogP contribution is -2.16. The van der Waals surface area contributed by atoms with E-state index in [1.165, 1.54) is 23.1 Å². The van der Waals surface area contributed by atoms with Crippen molar-refractivity contribution >= 4 is 18.4 Å². The zero-order chi connectivity index (χ0) is 23.3. The molecule has 0 heterocycles. The summed E-state index contributed by atoms with van der Waals surface area (Å²) in [6.45, 7) is 4.70. The summed E-state index contributed by atoms with van der Waals surface area (Å²) < 4.78 is 5.16. The molecule has 2 aromatic rings. The second-order valence-corrected chi connectivity index (χ2v) is 8.00. The lowest BCUT2D eigenvalue weighted by Gasteiger charge is -2.16. The fourth-order valence-corrected chi connectivity index (χ4v) is 4.01. The molecule has 2 aromatic carbocycles. The van der Waals surface area contributed by atoms with Crippen LogP contribution in [0.1, 0.15) is 55.8 Å². The quantitative estimate of drug-likeness (QED) is 0.447. The molecule has 1 saturated carbocycles. The lowest BCUT2D eigenvalue weighted by molar-refractivity contribution is -0.112. The Hall–Kier alpha value is -3.23. The van der Waals surface area contributed by atoms with Gasteiger partial charge in [-0.2, -0.15) is 5.26 Å². The zero-order valence-electron chi connectivity index (χ0n) is 19.1. The van der Waals surface area contributed by atoms with Gasteiger partial charge in [-0.25, -0.2) is 0 Å². The Morgan fingerprint density at radius 1 is 1.06 bits per heavy atom. The third kappa shape index (κ3) is 7.18. The molecule has 0 spiro atoms. The van der Waals surface area contributed by atoms with Crippen LogP contribution in [0, 0.1) is 18.3 Å². The molecule has 0 unspecified atom stereocenters. The zero-order valence-corrected chi connectivity index (χ0v) is 19.1. The first-order chi connectivity index (χ1) is 15.6. The van der Waals surface area contributed by atoms with Crippen LogP contribution in [0.25, 0.3) is 0 Å². The first-order valence-electron chi connectivity index (χ1n) is 11.0. The van der Waals surface area contributed by atoms with Crippen molar-refractivity contribution in [2.75, 3.05) is 12.4 Å². The third-order valence-electron chi connectivity index (χ3n) is 5.77. The molecule has 0 aromatic heterocycles. The fourth-order valence-electron chi connectivity index (χ4n) is 4.01. The number of carbonyl (C=O) groups excluding carboxylic acids is 2. The van der Waals surface area contributed by atoms with Crippen LogP contribution in [-0.4, -0.2) is 19.8 Å². The summed E-state index contributed by atoms with van der Waals surface area (Å²) in [7, 11) is 1.71. The van der Waals surface area contributed by atoms with Crippen LogP contribution in [-0.2, 0) is 33.8 Å².